The second kappa shape index (κ2) is 13.5. The number of hydrogen-bond donors (Lipinski definition) is 5. The number of nitrogens with one attached hydrogen (secondary N) is 4. The predicted molar refractivity (Wildman–Crippen MR) is 111 cm³/mol. The molecule has 0 unspecified atom stereocenters. The van der Waals surface area contributed by atoms with Gasteiger partial charge >= 0.3 is 5.97 Å². The Bertz CT molecular complexity index is 495. The molecular weight excluding hydrogens is 372 g/mol. The maximum Gasteiger partial charge on any atom is 0.305 e. The fraction of sp³-hybridized carbons (Fsp3) is 0.857. The number of carboxylic acids is 1. The highest BCUT2D eigenvalue weighted by Gasteiger charge is 2.23. The fourth-order valence-corrected chi connectivity index (χ4v) is 4.30. The van der Waals surface area contributed by atoms with Gasteiger partial charge in [-0.05, 0) is 89.4 Å². The summed E-state index contributed by atoms with van der Waals surface area (Å²) in [5, 5.41) is 20.7. The second-order valence-corrected chi connectivity index (χ2v) is 8.45. The van der Waals surface area contributed by atoms with Crippen LogP contribution >= 0.6 is 0 Å². The maximum atomic E-state index is 12.8. The van der Waals surface area contributed by atoms with Gasteiger partial charge in [0.2, 0.25) is 11.8 Å². The molecule has 8 heteroatoms. The highest BCUT2D eigenvalue weighted by Crippen LogP contribution is 2.26. The quantitative estimate of drug-likeness (QED) is 0.326. The van der Waals surface area contributed by atoms with Gasteiger partial charge in [-0.15, -0.1) is 0 Å². The molecule has 2 aliphatic heterocycles. The summed E-state index contributed by atoms with van der Waals surface area (Å²) in [5.74, 6) is -0.0115. The predicted octanol–water partition coefficient (Wildman–Crippen LogP) is 0.869. The van der Waals surface area contributed by atoms with Crippen LogP contribution in [0.2, 0.25) is 0 Å². The Morgan fingerprint density at radius 3 is 1.86 bits per heavy atom. The van der Waals surface area contributed by atoms with Gasteiger partial charge in [-0.3, -0.25) is 14.4 Å². The van der Waals surface area contributed by atoms with Crippen LogP contribution in [-0.2, 0) is 14.4 Å². The first-order valence-corrected chi connectivity index (χ1v) is 11.2. The molecular formula is C21H38N4O4. The summed E-state index contributed by atoms with van der Waals surface area (Å²) in [7, 11) is 0. The van der Waals surface area contributed by atoms with Crippen LogP contribution in [0.5, 0.6) is 0 Å². The Morgan fingerprint density at radius 2 is 1.38 bits per heavy atom. The van der Waals surface area contributed by atoms with E-state index in [0.717, 1.165) is 51.9 Å². The van der Waals surface area contributed by atoms with Crippen molar-refractivity contribution in [2.75, 3.05) is 39.3 Å². The maximum absolute atomic E-state index is 12.8. The number of amides is 2. The lowest BCUT2D eigenvalue weighted by atomic mass is 9.84. The molecule has 0 saturated carbocycles. The largest absolute Gasteiger partial charge is 0.481 e. The van der Waals surface area contributed by atoms with Gasteiger partial charge in [0, 0.05) is 12.5 Å². The molecule has 0 spiro atoms. The summed E-state index contributed by atoms with van der Waals surface area (Å²) in [5.41, 5.74) is 0. The van der Waals surface area contributed by atoms with Crippen LogP contribution in [0.25, 0.3) is 0 Å². The monoisotopic (exact) mass is 410 g/mol. The van der Waals surface area contributed by atoms with Crippen molar-refractivity contribution < 1.29 is 19.5 Å². The van der Waals surface area contributed by atoms with E-state index >= 15 is 0 Å². The molecule has 2 saturated heterocycles. The molecule has 0 radical (unpaired) electrons. The van der Waals surface area contributed by atoms with Gasteiger partial charge in [-0.2, -0.15) is 0 Å². The second-order valence-electron chi connectivity index (χ2n) is 8.45. The summed E-state index contributed by atoms with van der Waals surface area (Å²) in [4.78, 5) is 35.1. The number of carboxylic acid groups (broad SMARTS) is 1. The van der Waals surface area contributed by atoms with Crippen molar-refractivity contribution in [2.45, 2.75) is 57.8 Å². The highest BCUT2D eigenvalue weighted by molar-refractivity contribution is 5.85. The van der Waals surface area contributed by atoms with Crippen LogP contribution in [-0.4, -0.2) is 62.2 Å². The van der Waals surface area contributed by atoms with E-state index < -0.39 is 5.97 Å². The summed E-state index contributed by atoms with van der Waals surface area (Å²) in [6.45, 7) is 4.25. The van der Waals surface area contributed by atoms with Crippen molar-refractivity contribution in [1.82, 2.24) is 21.3 Å². The molecule has 166 valence electrons. The standard InChI is InChI=1S/C21H38N4O4/c26-19(24-14-9-20(27)28)15-25-21(29)18(3-1-16-5-10-22-11-6-16)4-2-17-7-12-23-13-8-17/h16-18,22-23H,1-15H2,(H,24,26)(H,25,29)(H,27,28). The summed E-state index contributed by atoms with van der Waals surface area (Å²) in [6.07, 6.45) is 8.47. The fourth-order valence-electron chi connectivity index (χ4n) is 4.30. The first kappa shape index (κ1) is 23.6. The van der Waals surface area contributed by atoms with Gasteiger partial charge in [-0.1, -0.05) is 0 Å². The van der Waals surface area contributed by atoms with Crippen LogP contribution in [0.15, 0.2) is 0 Å². The third kappa shape index (κ3) is 10.1. The van der Waals surface area contributed by atoms with E-state index in [1.807, 2.05) is 0 Å². The molecule has 0 atom stereocenters. The molecule has 0 aromatic carbocycles. The molecule has 2 heterocycles. The number of carbonyl (C=O) groups excluding carboxylic acids is 2. The molecule has 0 bridgehead atoms. The lowest BCUT2D eigenvalue weighted by molar-refractivity contribution is -0.137. The number of rotatable bonds is 12. The summed E-state index contributed by atoms with van der Waals surface area (Å²) < 4.78 is 0. The smallest absolute Gasteiger partial charge is 0.305 e. The van der Waals surface area contributed by atoms with E-state index in [2.05, 4.69) is 21.3 Å². The third-order valence-electron chi connectivity index (χ3n) is 6.22. The zero-order valence-corrected chi connectivity index (χ0v) is 17.5. The van der Waals surface area contributed by atoms with Crippen molar-refractivity contribution in [2.24, 2.45) is 17.8 Å². The molecule has 0 aliphatic carbocycles. The minimum Gasteiger partial charge on any atom is -0.481 e. The molecule has 2 fully saturated rings. The van der Waals surface area contributed by atoms with Gasteiger partial charge in [0.1, 0.15) is 0 Å². The van der Waals surface area contributed by atoms with Crippen LogP contribution in [0.1, 0.15) is 57.8 Å². The lowest BCUT2D eigenvalue weighted by Gasteiger charge is -2.27. The average molecular weight is 411 g/mol. The molecule has 2 amide bonds. The van der Waals surface area contributed by atoms with Crippen molar-refractivity contribution in [1.29, 1.82) is 0 Å². The van der Waals surface area contributed by atoms with Gasteiger partial charge in [0.05, 0.1) is 13.0 Å². The Kier molecular flexibility index (Phi) is 11.0. The Hall–Kier alpha value is -1.67. The minimum absolute atomic E-state index is 0.0405. The van der Waals surface area contributed by atoms with Gasteiger partial charge < -0.3 is 26.4 Å². The van der Waals surface area contributed by atoms with Crippen molar-refractivity contribution in [3.8, 4) is 0 Å². The molecule has 29 heavy (non-hydrogen) atoms. The zero-order chi connectivity index (χ0) is 20.9. The molecule has 5 N–H and O–H groups in total. The van der Waals surface area contributed by atoms with Crippen LogP contribution in [0.4, 0.5) is 0 Å². The van der Waals surface area contributed by atoms with Crippen molar-refractivity contribution in [3.05, 3.63) is 0 Å². The molecule has 0 aromatic heterocycles. The molecule has 0 aromatic rings. The van der Waals surface area contributed by atoms with E-state index in [9.17, 15) is 14.4 Å². The average Bonchev–Trinajstić information content (AvgIpc) is 2.73. The lowest BCUT2D eigenvalue weighted by Crippen LogP contribution is -2.40. The zero-order valence-electron chi connectivity index (χ0n) is 17.5. The first-order chi connectivity index (χ1) is 14.0. The third-order valence-corrected chi connectivity index (χ3v) is 6.22. The summed E-state index contributed by atoms with van der Waals surface area (Å²) >= 11 is 0. The highest BCUT2D eigenvalue weighted by atomic mass is 16.4. The minimum atomic E-state index is -0.953. The molecule has 2 aliphatic rings. The Labute approximate surface area is 174 Å². The number of hydrogen-bond acceptors (Lipinski definition) is 5. The SMILES string of the molecule is O=C(O)CCNC(=O)CNC(=O)C(CCC1CCNCC1)CCC1CCNCC1. The molecule has 2 rings (SSSR count). The number of carbonyl (C=O) groups is 3. The van der Waals surface area contributed by atoms with Crippen LogP contribution in [0, 0.1) is 17.8 Å². The van der Waals surface area contributed by atoms with Gasteiger partial charge in [0.25, 0.3) is 0 Å². The number of aliphatic carboxylic acids is 1. The topological polar surface area (TPSA) is 120 Å². The van der Waals surface area contributed by atoms with E-state index in [1.54, 1.807) is 0 Å². The van der Waals surface area contributed by atoms with Crippen molar-refractivity contribution >= 4 is 17.8 Å². The van der Waals surface area contributed by atoms with Gasteiger partial charge in [-0.25, -0.2) is 0 Å². The Balaban J connectivity index is 1.76. The van der Waals surface area contributed by atoms with E-state index in [1.165, 1.54) is 25.7 Å². The number of piperidine rings is 2. The van der Waals surface area contributed by atoms with Crippen LogP contribution < -0.4 is 21.3 Å². The van der Waals surface area contributed by atoms with Crippen LogP contribution in [0.3, 0.4) is 0 Å². The van der Waals surface area contributed by atoms with E-state index in [4.69, 9.17) is 5.11 Å². The van der Waals surface area contributed by atoms with Crippen molar-refractivity contribution in [3.63, 3.8) is 0 Å². The van der Waals surface area contributed by atoms with E-state index in [0.29, 0.717) is 11.8 Å². The molecule has 8 nitrogen and oxygen atoms in total. The van der Waals surface area contributed by atoms with E-state index in [-0.39, 0.29) is 37.2 Å². The van der Waals surface area contributed by atoms with Gasteiger partial charge in [0.15, 0.2) is 0 Å². The normalized spacial score (nSPS) is 18.5. The first-order valence-electron chi connectivity index (χ1n) is 11.2. The Morgan fingerprint density at radius 1 is 0.862 bits per heavy atom. The summed E-state index contributed by atoms with van der Waals surface area (Å²) in [6, 6.07) is 0.